The SMILES string of the molecule is COc1ccc(OC2CCOC2=O)c(CNC2CC2)c1. The first-order valence-corrected chi connectivity index (χ1v) is 7.00. The van der Waals surface area contributed by atoms with Gasteiger partial charge in [-0.1, -0.05) is 0 Å². The van der Waals surface area contributed by atoms with Crippen LogP contribution in [-0.2, 0) is 16.1 Å². The van der Waals surface area contributed by atoms with Crippen LogP contribution < -0.4 is 14.8 Å². The quantitative estimate of drug-likeness (QED) is 0.801. The molecule has 108 valence electrons. The third-order valence-corrected chi connectivity index (χ3v) is 3.58. The topological polar surface area (TPSA) is 56.8 Å². The van der Waals surface area contributed by atoms with Gasteiger partial charge in [-0.2, -0.15) is 0 Å². The summed E-state index contributed by atoms with van der Waals surface area (Å²) in [4.78, 5) is 11.5. The number of hydrogen-bond donors (Lipinski definition) is 1. The number of nitrogens with one attached hydrogen (secondary N) is 1. The molecule has 1 saturated carbocycles. The van der Waals surface area contributed by atoms with Crippen molar-refractivity contribution < 1.29 is 19.0 Å². The standard InChI is InChI=1S/C15H19NO4/c1-18-12-4-5-13(20-14-6-7-19-15(14)17)10(8-12)9-16-11-2-3-11/h4-5,8,11,14,16H,2-3,6-7,9H2,1H3. The zero-order valence-corrected chi connectivity index (χ0v) is 11.6. The summed E-state index contributed by atoms with van der Waals surface area (Å²) in [5.74, 6) is 1.24. The maximum Gasteiger partial charge on any atom is 0.347 e. The van der Waals surface area contributed by atoms with Crippen molar-refractivity contribution in [1.29, 1.82) is 0 Å². The molecule has 1 aliphatic carbocycles. The zero-order valence-electron chi connectivity index (χ0n) is 11.6. The number of cyclic esters (lactones) is 1. The van der Waals surface area contributed by atoms with Gasteiger partial charge in [-0.15, -0.1) is 0 Å². The van der Waals surface area contributed by atoms with Crippen molar-refractivity contribution in [3.63, 3.8) is 0 Å². The second kappa shape index (κ2) is 5.71. The van der Waals surface area contributed by atoms with Gasteiger partial charge >= 0.3 is 5.97 Å². The van der Waals surface area contributed by atoms with E-state index in [0.717, 1.165) is 23.6 Å². The predicted octanol–water partition coefficient (Wildman–Crippen LogP) is 1.64. The van der Waals surface area contributed by atoms with Crippen LogP contribution >= 0.6 is 0 Å². The van der Waals surface area contributed by atoms with Gasteiger partial charge in [0.1, 0.15) is 11.5 Å². The van der Waals surface area contributed by atoms with Crippen molar-refractivity contribution in [2.45, 2.75) is 38.0 Å². The second-order valence-corrected chi connectivity index (χ2v) is 5.19. The second-order valence-electron chi connectivity index (χ2n) is 5.19. The number of carbonyl (C=O) groups excluding carboxylic acids is 1. The Morgan fingerprint density at radius 2 is 2.20 bits per heavy atom. The molecule has 2 fully saturated rings. The van der Waals surface area contributed by atoms with Gasteiger partial charge in [0.25, 0.3) is 0 Å². The molecule has 3 rings (SSSR count). The van der Waals surface area contributed by atoms with Gasteiger partial charge in [-0.05, 0) is 31.0 Å². The minimum absolute atomic E-state index is 0.276. The van der Waals surface area contributed by atoms with E-state index in [-0.39, 0.29) is 5.97 Å². The van der Waals surface area contributed by atoms with Gasteiger partial charge in [0.2, 0.25) is 0 Å². The van der Waals surface area contributed by atoms with Gasteiger partial charge in [-0.25, -0.2) is 4.79 Å². The lowest BCUT2D eigenvalue weighted by Gasteiger charge is -2.15. The molecule has 1 aliphatic heterocycles. The highest BCUT2D eigenvalue weighted by atomic mass is 16.6. The molecule has 1 aromatic rings. The Labute approximate surface area is 118 Å². The highest BCUT2D eigenvalue weighted by Gasteiger charge is 2.29. The molecule has 20 heavy (non-hydrogen) atoms. The molecule has 0 bridgehead atoms. The monoisotopic (exact) mass is 277 g/mol. The van der Waals surface area contributed by atoms with Crippen LogP contribution in [0.2, 0.25) is 0 Å². The molecule has 2 aliphatic rings. The molecule has 1 atom stereocenters. The van der Waals surface area contributed by atoms with Gasteiger partial charge in [-0.3, -0.25) is 0 Å². The third kappa shape index (κ3) is 3.04. The van der Waals surface area contributed by atoms with Crippen LogP contribution in [0.1, 0.15) is 24.8 Å². The smallest absolute Gasteiger partial charge is 0.347 e. The first-order chi connectivity index (χ1) is 9.76. The Hall–Kier alpha value is -1.75. The number of esters is 1. The Morgan fingerprint density at radius 3 is 2.85 bits per heavy atom. The van der Waals surface area contributed by atoms with Crippen LogP contribution in [0.4, 0.5) is 0 Å². The van der Waals surface area contributed by atoms with E-state index in [1.807, 2.05) is 18.2 Å². The van der Waals surface area contributed by atoms with E-state index in [1.54, 1.807) is 7.11 Å². The number of ether oxygens (including phenoxy) is 3. The summed E-state index contributed by atoms with van der Waals surface area (Å²) in [7, 11) is 1.64. The minimum Gasteiger partial charge on any atom is -0.497 e. The molecule has 1 saturated heterocycles. The number of carbonyl (C=O) groups is 1. The maximum atomic E-state index is 11.5. The largest absolute Gasteiger partial charge is 0.497 e. The van der Waals surface area contributed by atoms with Crippen molar-refractivity contribution >= 4 is 5.97 Å². The van der Waals surface area contributed by atoms with Crippen molar-refractivity contribution in [3.05, 3.63) is 23.8 Å². The first kappa shape index (κ1) is 13.2. The number of benzene rings is 1. The highest BCUT2D eigenvalue weighted by Crippen LogP contribution is 2.28. The average molecular weight is 277 g/mol. The molecular weight excluding hydrogens is 258 g/mol. The minimum atomic E-state index is -0.483. The fourth-order valence-corrected chi connectivity index (χ4v) is 2.22. The first-order valence-electron chi connectivity index (χ1n) is 7.00. The molecule has 1 aromatic carbocycles. The Kier molecular flexibility index (Phi) is 3.78. The summed E-state index contributed by atoms with van der Waals surface area (Å²) in [5.41, 5.74) is 1.01. The van der Waals surface area contributed by atoms with E-state index in [9.17, 15) is 4.79 Å². The van der Waals surface area contributed by atoms with Crippen molar-refractivity contribution in [3.8, 4) is 11.5 Å². The van der Waals surface area contributed by atoms with E-state index in [1.165, 1.54) is 12.8 Å². The molecule has 1 unspecified atom stereocenters. The third-order valence-electron chi connectivity index (χ3n) is 3.58. The molecule has 0 spiro atoms. The molecule has 1 N–H and O–H groups in total. The summed E-state index contributed by atoms with van der Waals surface area (Å²) in [5, 5.41) is 3.45. The summed E-state index contributed by atoms with van der Waals surface area (Å²) < 4.78 is 16.0. The Morgan fingerprint density at radius 1 is 1.35 bits per heavy atom. The molecule has 0 aromatic heterocycles. The van der Waals surface area contributed by atoms with Crippen molar-refractivity contribution in [1.82, 2.24) is 5.32 Å². The van der Waals surface area contributed by atoms with Crippen LogP contribution in [0.3, 0.4) is 0 Å². The molecule has 5 heteroatoms. The Bertz CT molecular complexity index is 499. The number of rotatable bonds is 6. The lowest BCUT2D eigenvalue weighted by atomic mass is 10.1. The summed E-state index contributed by atoms with van der Waals surface area (Å²) in [6.45, 7) is 1.16. The number of hydrogen-bond acceptors (Lipinski definition) is 5. The normalized spacial score (nSPS) is 21.6. The lowest BCUT2D eigenvalue weighted by molar-refractivity contribution is -0.143. The molecule has 0 amide bonds. The van der Waals surface area contributed by atoms with Crippen molar-refractivity contribution in [2.75, 3.05) is 13.7 Å². The van der Waals surface area contributed by atoms with Crippen LogP contribution in [0.5, 0.6) is 11.5 Å². The fraction of sp³-hybridized carbons (Fsp3) is 0.533. The maximum absolute atomic E-state index is 11.5. The average Bonchev–Trinajstić information content (AvgIpc) is 3.21. The molecular formula is C15H19NO4. The predicted molar refractivity (Wildman–Crippen MR) is 72.8 cm³/mol. The molecule has 1 heterocycles. The van der Waals surface area contributed by atoms with E-state index in [0.29, 0.717) is 19.1 Å². The van der Waals surface area contributed by atoms with Crippen LogP contribution in [0.15, 0.2) is 18.2 Å². The van der Waals surface area contributed by atoms with Gasteiger partial charge < -0.3 is 19.5 Å². The Balaban J connectivity index is 1.74. The van der Waals surface area contributed by atoms with Crippen molar-refractivity contribution in [2.24, 2.45) is 0 Å². The van der Waals surface area contributed by atoms with Crippen LogP contribution in [0, 0.1) is 0 Å². The summed E-state index contributed by atoms with van der Waals surface area (Å²) in [6.07, 6.45) is 2.59. The van der Waals surface area contributed by atoms with Crippen LogP contribution in [0.25, 0.3) is 0 Å². The van der Waals surface area contributed by atoms with E-state index in [4.69, 9.17) is 14.2 Å². The zero-order chi connectivity index (χ0) is 13.9. The van der Waals surface area contributed by atoms with Gasteiger partial charge in [0, 0.05) is 24.6 Å². The van der Waals surface area contributed by atoms with E-state index in [2.05, 4.69) is 5.32 Å². The van der Waals surface area contributed by atoms with E-state index >= 15 is 0 Å². The molecule has 5 nitrogen and oxygen atoms in total. The highest BCUT2D eigenvalue weighted by molar-refractivity contribution is 5.76. The number of methoxy groups -OCH3 is 1. The lowest BCUT2D eigenvalue weighted by Crippen LogP contribution is -2.23. The molecule has 0 radical (unpaired) electrons. The van der Waals surface area contributed by atoms with Crippen LogP contribution in [-0.4, -0.2) is 31.8 Å². The van der Waals surface area contributed by atoms with Gasteiger partial charge in [0.15, 0.2) is 6.10 Å². The van der Waals surface area contributed by atoms with Gasteiger partial charge in [0.05, 0.1) is 13.7 Å². The summed E-state index contributed by atoms with van der Waals surface area (Å²) in [6, 6.07) is 6.26. The summed E-state index contributed by atoms with van der Waals surface area (Å²) >= 11 is 0. The fourth-order valence-electron chi connectivity index (χ4n) is 2.22. The van der Waals surface area contributed by atoms with E-state index < -0.39 is 6.10 Å².